The van der Waals surface area contributed by atoms with Gasteiger partial charge in [0, 0.05) is 114 Å². The van der Waals surface area contributed by atoms with Crippen LogP contribution in [0.25, 0.3) is 0 Å². The van der Waals surface area contributed by atoms with E-state index in [1.807, 2.05) is 12.2 Å². The molecule has 0 N–H and O–H groups in total. The fraction of sp³-hybridized carbons (Fsp3) is 0.400. The zero-order valence-corrected chi connectivity index (χ0v) is 57.0. The predicted octanol–water partition coefficient (Wildman–Crippen LogP) is 12.6. The Labute approximate surface area is 567 Å². The minimum Gasteiger partial charge on any atom is -0.491 e. The Morgan fingerprint density at radius 1 is 0.375 bits per heavy atom. The molecule has 16 nitrogen and oxygen atoms in total. The first-order valence-corrected chi connectivity index (χ1v) is 34.5. The highest BCUT2D eigenvalue weighted by molar-refractivity contribution is 6.20. The highest BCUT2D eigenvalue weighted by Gasteiger charge is 2.25. The van der Waals surface area contributed by atoms with Gasteiger partial charge >= 0.3 is 0 Å². The summed E-state index contributed by atoms with van der Waals surface area (Å²) in [7, 11) is 0. The van der Waals surface area contributed by atoms with Crippen molar-refractivity contribution in [2.45, 2.75) is 67.2 Å². The Bertz CT molecular complexity index is 3420. The van der Waals surface area contributed by atoms with E-state index in [0.717, 1.165) is 128 Å². The van der Waals surface area contributed by atoms with Gasteiger partial charge in [0.2, 0.25) is 0 Å². The van der Waals surface area contributed by atoms with Gasteiger partial charge in [-0.05, 0) is 170 Å². The van der Waals surface area contributed by atoms with Gasteiger partial charge < -0.3 is 47.7 Å². The lowest BCUT2D eigenvalue weighted by molar-refractivity contribution is -0.112. The van der Waals surface area contributed by atoms with Crippen LogP contribution in [0.1, 0.15) is 83.3 Å². The molecule has 0 saturated carbocycles. The van der Waals surface area contributed by atoms with E-state index in [0.29, 0.717) is 155 Å². The quantitative estimate of drug-likeness (QED) is 0.0844. The van der Waals surface area contributed by atoms with Crippen LogP contribution in [-0.2, 0) is 54.2 Å². The van der Waals surface area contributed by atoms with Crippen LogP contribution >= 0.6 is 0 Å². The van der Waals surface area contributed by atoms with E-state index in [4.69, 9.17) is 47.9 Å². The molecule has 0 unspecified atom stereocenters. The number of aryl methyl sites for hydroxylation is 2. The van der Waals surface area contributed by atoms with E-state index in [-0.39, 0.29) is 11.6 Å². The minimum atomic E-state index is -0.0372. The van der Waals surface area contributed by atoms with Crippen LogP contribution in [0.5, 0.6) is 23.0 Å². The van der Waals surface area contributed by atoms with Crippen molar-refractivity contribution in [1.82, 2.24) is 9.80 Å². The van der Waals surface area contributed by atoms with Crippen molar-refractivity contribution in [1.29, 1.82) is 0 Å². The van der Waals surface area contributed by atoms with Gasteiger partial charge in [-0.25, -0.2) is 9.98 Å². The second-order valence-electron chi connectivity index (χ2n) is 24.8. The molecule has 0 radical (unpaired) electrons. The molecule has 16 heteroatoms. The number of allylic oxidation sites excluding steroid dienone is 6. The van der Waals surface area contributed by atoms with Gasteiger partial charge in [-0.2, -0.15) is 0 Å². The molecular weight excluding hydrogens is 1200 g/mol. The van der Waals surface area contributed by atoms with Crippen molar-refractivity contribution in [2.75, 3.05) is 155 Å². The Balaban J connectivity index is 0.857. The molecule has 96 heavy (non-hydrogen) atoms. The van der Waals surface area contributed by atoms with Gasteiger partial charge in [0.05, 0.1) is 75.7 Å². The van der Waals surface area contributed by atoms with E-state index in [1.165, 1.54) is 11.4 Å². The van der Waals surface area contributed by atoms with Crippen molar-refractivity contribution in [2.24, 2.45) is 9.98 Å². The number of benzene rings is 6. The number of hydrogen-bond donors (Lipinski definition) is 0. The van der Waals surface area contributed by atoms with Crippen LogP contribution in [-0.4, -0.2) is 178 Å². The van der Waals surface area contributed by atoms with Gasteiger partial charge in [0.1, 0.15) is 49.4 Å². The molecule has 7 aliphatic rings. The molecule has 4 heterocycles. The molecule has 6 aromatic carbocycles. The number of ether oxygens (including phenoxy) is 8. The van der Waals surface area contributed by atoms with Crippen molar-refractivity contribution in [3.63, 3.8) is 0 Å². The fourth-order valence-corrected chi connectivity index (χ4v) is 13.1. The second-order valence-corrected chi connectivity index (χ2v) is 24.8. The van der Waals surface area contributed by atoms with Crippen LogP contribution in [0.15, 0.2) is 167 Å². The summed E-state index contributed by atoms with van der Waals surface area (Å²) in [6.45, 7) is 23.8. The average molecular weight is 1300 g/mol. The SMILES string of the molecule is CCN(CC)c1ccc(N=C2C=CC(=O)C(CN3CCOCCOc4c5cccc4Cc4cccc6c4OCCOCCN(CC4=CC(=Nc7ccc(N(CC)CC)cc7C)C=CC4=O)CCOCCOc4c(cccc4Cc4cccc(c4OCCOCC3)C6)C5)=C2)c(C)c1. The van der Waals surface area contributed by atoms with Crippen LogP contribution in [0.3, 0.4) is 0 Å². The first-order valence-electron chi connectivity index (χ1n) is 34.5. The lowest BCUT2D eigenvalue weighted by atomic mass is 9.91. The summed E-state index contributed by atoms with van der Waals surface area (Å²) in [5.74, 6) is 3.11. The Morgan fingerprint density at radius 2 is 0.667 bits per heavy atom. The molecule has 0 fully saturated rings. The van der Waals surface area contributed by atoms with E-state index in [9.17, 15) is 9.59 Å². The number of hydrogen-bond acceptors (Lipinski definition) is 16. The van der Waals surface area contributed by atoms with Crippen molar-refractivity contribution >= 4 is 45.7 Å². The molecule has 0 aromatic heterocycles. The van der Waals surface area contributed by atoms with Gasteiger partial charge in [-0.1, -0.05) is 72.8 Å². The monoisotopic (exact) mass is 1300 g/mol. The fourth-order valence-electron chi connectivity index (χ4n) is 13.1. The maximum absolute atomic E-state index is 13.6. The summed E-state index contributed by atoms with van der Waals surface area (Å²) in [6.07, 6.45) is 12.8. The van der Waals surface area contributed by atoms with Crippen molar-refractivity contribution in [3.8, 4) is 23.0 Å². The first kappa shape index (κ1) is 68.9. The number of carbonyl (C=O) groups is 2. The average Bonchev–Trinajstić information content (AvgIpc) is 0.811. The third-order valence-electron chi connectivity index (χ3n) is 18.3. The van der Waals surface area contributed by atoms with Crippen LogP contribution in [0, 0.1) is 13.8 Å². The number of fused-ring (bicyclic) bond motifs is 24. The van der Waals surface area contributed by atoms with Crippen molar-refractivity contribution < 1.29 is 47.5 Å². The van der Waals surface area contributed by atoms with Gasteiger partial charge in [0.25, 0.3) is 0 Å². The number of aliphatic imine (C=N–C) groups is 2. The second kappa shape index (κ2) is 34.5. The Morgan fingerprint density at radius 3 is 0.938 bits per heavy atom. The zero-order valence-electron chi connectivity index (χ0n) is 57.0. The van der Waals surface area contributed by atoms with E-state index in [2.05, 4.69) is 170 Å². The van der Waals surface area contributed by atoms with E-state index < -0.39 is 0 Å². The molecule has 6 aromatic rings. The molecule has 4 aliphatic heterocycles. The normalized spacial score (nSPS) is 18.4. The summed E-state index contributed by atoms with van der Waals surface area (Å²) in [5.41, 5.74) is 17.1. The van der Waals surface area contributed by atoms with Crippen LogP contribution in [0.2, 0.25) is 0 Å². The molecule has 12 bridgehead atoms. The smallest absolute Gasteiger partial charge is 0.183 e. The molecule has 0 amide bonds. The maximum atomic E-state index is 13.6. The third-order valence-corrected chi connectivity index (χ3v) is 18.3. The summed E-state index contributed by atoms with van der Waals surface area (Å²) in [6, 6.07) is 38.4. The zero-order chi connectivity index (χ0) is 66.6. The maximum Gasteiger partial charge on any atom is 0.183 e. The Hall–Kier alpha value is -8.48. The summed E-state index contributed by atoms with van der Waals surface area (Å²) in [4.78, 5) is 46.3. The number of carbonyl (C=O) groups excluding carboxylic acids is 2. The summed E-state index contributed by atoms with van der Waals surface area (Å²) < 4.78 is 53.5. The van der Waals surface area contributed by atoms with Gasteiger partial charge in [-0.3, -0.25) is 19.4 Å². The Kier molecular flexibility index (Phi) is 24.7. The highest BCUT2D eigenvalue weighted by Crippen LogP contribution is 2.40. The molecule has 13 rings (SSSR count). The minimum absolute atomic E-state index is 0.0372. The highest BCUT2D eigenvalue weighted by atomic mass is 16.5. The number of ketones is 2. The lowest BCUT2D eigenvalue weighted by Crippen LogP contribution is -2.35. The molecule has 3 aliphatic carbocycles. The molecule has 504 valence electrons. The number of nitrogens with zero attached hydrogens (tertiary/aromatic N) is 6. The molecule has 0 spiro atoms. The van der Waals surface area contributed by atoms with Crippen LogP contribution in [0.4, 0.5) is 22.7 Å². The van der Waals surface area contributed by atoms with E-state index >= 15 is 0 Å². The first-order chi connectivity index (χ1) is 47.0. The van der Waals surface area contributed by atoms with Crippen molar-refractivity contribution in [3.05, 3.63) is 212 Å². The number of para-hydroxylation sites is 4. The topological polar surface area (TPSA) is 146 Å². The molecule has 0 atom stereocenters. The summed E-state index contributed by atoms with van der Waals surface area (Å²) in [5, 5.41) is 0. The predicted molar refractivity (Wildman–Crippen MR) is 383 cm³/mol. The van der Waals surface area contributed by atoms with E-state index in [1.54, 1.807) is 24.3 Å². The van der Waals surface area contributed by atoms with Gasteiger partial charge in [0.15, 0.2) is 11.6 Å². The number of rotatable bonds is 12. The molecule has 0 saturated heterocycles. The van der Waals surface area contributed by atoms with Crippen LogP contribution < -0.4 is 28.7 Å². The summed E-state index contributed by atoms with van der Waals surface area (Å²) >= 11 is 0. The van der Waals surface area contributed by atoms with Gasteiger partial charge in [-0.15, -0.1) is 0 Å². The standard InChI is InChI=1S/C80H94N6O10/c1-7-85(8-2)71-25-27-73(57(5)47-71)81-69-23-29-75(87)67(53-69)55-83-31-35-89-39-43-93-77-59-15-11-16-60(77)50-64-20-14-22-66-52-62-18-12-17-61(78(62)94-44-40-90-36-32-83)51-65-21-13-19-63(49-59)79(65)95-45-41-91-37-33-84(34-38-92-42-46-96-80(64)66)56-68-54-70(24-30-76(68)88)82-74-28-26-72(48-58(74)6)86(9-3)10-4/h11-30,47-48,53-54H,7-10,31-46,49-52,55-56H2,1-6H3. The largest absolute Gasteiger partial charge is 0.491 e. The molecular formula is C80H94N6O10. The third kappa shape index (κ3) is 18.1. The lowest BCUT2D eigenvalue weighted by Gasteiger charge is -2.25. The number of anilines is 2.